The van der Waals surface area contributed by atoms with E-state index in [1.807, 2.05) is 0 Å². The van der Waals surface area contributed by atoms with Crippen molar-refractivity contribution in [1.82, 2.24) is 14.7 Å². The first-order valence-corrected chi connectivity index (χ1v) is 7.95. The van der Waals surface area contributed by atoms with E-state index < -0.39 is 5.91 Å². The van der Waals surface area contributed by atoms with Gasteiger partial charge >= 0.3 is 0 Å². The number of hydrogen-bond donors (Lipinski definition) is 2. The van der Waals surface area contributed by atoms with Crippen molar-refractivity contribution in [2.24, 2.45) is 0 Å². The number of rotatable bonds is 6. The predicted molar refractivity (Wildman–Crippen MR) is 98.7 cm³/mol. The number of hydrogen-bond acceptors (Lipinski definition) is 4. The average Bonchev–Trinajstić information content (AvgIpc) is 3.06. The third kappa shape index (κ3) is 3.41. The minimum atomic E-state index is -0.412. The first-order chi connectivity index (χ1) is 12.6. The molecule has 132 valence electrons. The van der Waals surface area contributed by atoms with E-state index in [1.165, 1.54) is 0 Å². The lowest BCUT2D eigenvalue weighted by molar-refractivity contribution is 0.0947. The van der Waals surface area contributed by atoms with Gasteiger partial charge in [-0.2, -0.15) is 0 Å². The molecule has 3 aromatic rings. The van der Waals surface area contributed by atoms with Crippen LogP contribution in [0.25, 0.3) is 5.52 Å². The first kappa shape index (κ1) is 17.2. The maximum atomic E-state index is 12.7. The van der Waals surface area contributed by atoms with E-state index in [0.29, 0.717) is 23.5 Å². The van der Waals surface area contributed by atoms with Crippen LogP contribution in [0.4, 0.5) is 5.69 Å². The summed E-state index contributed by atoms with van der Waals surface area (Å²) in [6, 6.07) is 12.3. The molecule has 26 heavy (non-hydrogen) atoms. The molecule has 0 bridgehead atoms. The Bertz CT molecular complexity index is 978. The third-order valence-corrected chi connectivity index (χ3v) is 3.70. The quantitative estimate of drug-likeness (QED) is 0.669. The molecular formula is C19H18N4O3. The monoisotopic (exact) mass is 350 g/mol. The van der Waals surface area contributed by atoms with Crippen LogP contribution in [-0.2, 0) is 0 Å². The molecular weight excluding hydrogens is 332 g/mol. The fourth-order valence-corrected chi connectivity index (χ4v) is 2.50. The Morgan fingerprint density at radius 3 is 2.85 bits per heavy atom. The van der Waals surface area contributed by atoms with Gasteiger partial charge in [-0.25, -0.2) is 4.98 Å². The Morgan fingerprint density at radius 1 is 1.23 bits per heavy atom. The zero-order valence-corrected chi connectivity index (χ0v) is 14.2. The number of methoxy groups -OCH3 is 1. The highest BCUT2D eigenvalue weighted by atomic mass is 16.5. The summed E-state index contributed by atoms with van der Waals surface area (Å²) >= 11 is 0. The zero-order valence-electron chi connectivity index (χ0n) is 14.2. The standard InChI is InChI=1S/C19H18N4O3/c1-3-10-20-19(25)17-22-16(15-9-4-5-11-23(15)17)18(24)21-13-7-6-8-14(12-13)26-2/h3-9,11-12H,1,10H2,2H3,(H,20,25)(H,21,24). The number of fused-ring (bicyclic) bond motifs is 1. The molecule has 2 aromatic heterocycles. The summed E-state index contributed by atoms with van der Waals surface area (Å²) in [6.45, 7) is 3.88. The van der Waals surface area contributed by atoms with Gasteiger partial charge in [0.25, 0.3) is 11.8 Å². The first-order valence-electron chi connectivity index (χ1n) is 7.95. The molecule has 2 heterocycles. The minimum Gasteiger partial charge on any atom is -0.497 e. The predicted octanol–water partition coefficient (Wildman–Crippen LogP) is 2.51. The highest BCUT2D eigenvalue weighted by Gasteiger charge is 2.21. The summed E-state index contributed by atoms with van der Waals surface area (Å²) in [5.41, 5.74) is 1.28. The average molecular weight is 350 g/mol. The van der Waals surface area contributed by atoms with Crippen molar-refractivity contribution in [1.29, 1.82) is 0 Å². The van der Waals surface area contributed by atoms with Crippen molar-refractivity contribution in [3.63, 3.8) is 0 Å². The van der Waals surface area contributed by atoms with E-state index in [0.717, 1.165) is 0 Å². The van der Waals surface area contributed by atoms with E-state index in [-0.39, 0.29) is 17.4 Å². The molecule has 0 saturated carbocycles. The molecule has 0 radical (unpaired) electrons. The van der Waals surface area contributed by atoms with E-state index in [9.17, 15) is 9.59 Å². The second kappa shape index (κ2) is 7.52. The molecule has 0 saturated heterocycles. The molecule has 2 amide bonds. The molecule has 0 unspecified atom stereocenters. The van der Waals surface area contributed by atoms with Crippen LogP contribution in [0.1, 0.15) is 21.1 Å². The SMILES string of the molecule is C=CCNC(=O)c1nc(C(=O)Nc2cccc(OC)c2)c2ccccn12. The molecule has 2 N–H and O–H groups in total. The summed E-state index contributed by atoms with van der Waals surface area (Å²) in [5.74, 6) is -0.0310. The van der Waals surface area contributed by atoms with Gasteiger partial charge in [-0.15, -0.1) is 6.58 Å². The Hall–Kier alpha value is -3.61. The third-order valence-electron chi connectivity index (χ3n) is 3.70. The molecule has 7 heteroatoms. The Kier molecular flexibility index (Phi) is 4.98. The number of pyridine rings is 1. The normalized spacial score (nSPS) is 10.3. The molecule has 0 fully saturated rings. The summed E-state index contributed by atoms with van der Waals surface area (Å²) in [4.78, 5) is 29.3. The Morgan fingerprint density at radius 2 is 2.08 bits per heavy atom. The fraction of sp³-hybridized carbons (Fsp3) is 0.105. The van der Waals surface area contributed by atoms with Gasteiger partial charge in [0.2, 0.25) is 5.82 Å². The van der Waals surface area contributed by atoms with Gasteiger partial charge in [-0.1, -0.05) is 18.2 Å². The molecule has 7 nitrogen and oxygen atoms in total. The van der Waals surface area contributed by atoms with Gasteiger partial charge in [0.05, 0.1) is 12.6 Å². The number of imidazole rings is 1. The van der Waals surface area contributed by atoms with Crippen molar-refractivity contribution in [3.8, 4) is 5.75 Å². The fourth-order valence-electron chi connectivity index (χ4n) is 2.50. The second-order valence-electron chi connectivity index (χ2n) is 5.42. The van der Waals surface area contributed by atoms with Crippen LogP contribution >= 0.6 is 0 Å². The number of carbonyl (C=O) groups excluding carboxylic acids is 2. The van der Waals surface area contributed by atoms with Crippen LogP contribution in [0.2, 0.25) is 0 Å². The largest absolute Gasteiger partial charge is 0.497 e. The smallest absolute Gasteiger partial charge is 0.287 e. The Balaban J connectivity index is 1.95. The Labute approximate surface area is 150 Å². The number of carbonyl (C=O) groups is 2. The van der Waals surface area contributed by atoms with Crippen LogP contribution < -0.4 is 15.4 Å². The van der Waals surface area contributed by atoms with Crippen molar-refractivity contribution in [3.05, 3.63) is 72.8 Å². The lowest BCUT2D eigenvalue weighted by Crippen LogP contribution is -2.25. The van der Waals surface area contributed by atoms with Crippen molar-refractivity contribution in [2.45, 2.75) is 0 Å². The van der Waals surface area contributed by atoms with Gasteiger partial charge in [-0.3, -0.25) is 14.0 Å². The van der Waals surface area contributed by atoms with Crippen LogP contribution in [0, 0.1) is 0 Å². The van der Waals surface area contributed by atoms with Crippen molar-refractivity contribution < 1.29 is 14.3 Å². The van der Waals surface area contributed by atoms with Crippen LogP contribution in [0.5, 0.6) is 5.75 Å². The van der Waals surface area contributed by atoms with Crippen LogP contribution in [-0.4, -0.2) is 34.9 Å². The summed E-state index contributed by atoms with van der Waals surface area (Å²) in [7, 11) is 1.55. The van der Waals surface area contributed by atoms with E-state index in [2.05, 4.69) is 22.2 Å². The second-order valence-corrected chi connectivity index (χ2v) is 5.42. The van der Waals surface area contributed by atoms with Gasteiger partial charge in [0.1, 0.15) is 5.75 Å². The number of anilines is 1. The maximum Gasteiger partial charge on any atom is 0.287 e. The topological polar surface area (TPSA) is 84.7 Å². The van der Waals surface area contributed by atoms with E-state index in [1.54, 1.807) is 66.2 Å². The highest BCUT2D eigenvalue weighted by Crippen LogP contribution is 2.19. The number of aromatic nitrogens is 2. The van der Waals surface area contributed by atoms with Crippen LogP contribution in [0.15, 0.2) is 61.3 Å². The van der Waals surface area contributed by atoms with Crippen molar-refractivity contribution in [2.75, 3.05) is 19.0 Å². The lowest BCUT2D eigenvalue weighted by atomic mass is 10.2. The molecule has 0 aliphatic heterocycles. The molecule has 0 aliphatic rings. The van der Waals surface area contributed by atoms with Gasteiger partial charge in [-0.05, 0) is 24.3 Å². The maximum absolute atomic E-state index is 12.7. The number of benzene rings is 1. The molecule has 0 aliphatic carbocycles. The number of nitrogens with zero attached hydrogens (tertiary/aromatic N) is 2. The molecule has 0 atom stereocenters. The molecule has 3 rings (SSSR count). The summed E-state index contributed by atoms with van der Waals surface area (Å²) in [5, 5.41) is 5.45. The van der Waals surface area contributed by atoms with Gasteiger partial charge < -0.3 is 15.4 Å². The van der Waals surface area contributed by atoms with Crippen LogP contribution in [0.3, 0.4) is 0 Å². The zero-order chi connectivity index (χ0) is 18.5. The highest BCUT2D eigenvalue weighted by molar-refractivity contribution is 6.09. The minimum absolute atomic E-state index is 0.137. The van der Waals surface area contributed by atoms with Crippen molar-refractivity contribution >= 4 is 23.0 Å². The van der Waals surface area contributed by atoms with Gasteiger partial charge in [0.15, 0.2) is 5.69 Å². The number of nitrogens with one attached hydrogen (secondary N) is 2. The lowest BCUT2D eigenvalue weighted by Gasteiger charge is -2.05. The number of amides is 2. The molecule has 0 spiro atoms. The number of ether oxygens (including phenoxy) is 1. The summed E-state index contributed by atoms with van der Waals surface area (Å²) in [6.07, 6.45) is 3.26. The van der Waals surface area contributed by atoms with E-state index >= 15 is 0 Å². The van der Waals surface area contributed by atoms with Gasteiger partial charge in [0, 0.05) is 24.5 Å². The molecule has 1 aromatic carbocycles. The van der Waals surface area contributed by atoms with E-state index in [4.69, 9.17) is 4.74 Å². The summed E-state index contributed by atoms with van der Waals surface area (Å²) < 4.78 is 6.74.